The van der Waals surface area contributed by atoms with E-state index < -0.39 is 10.8 Å². The summed E-state index contributed by atoms with van der Waals surface area (Å²) in [5.74, 6) is 2.36. The second kappa shape index (κ2) is 7.38. The van der Waals surface area contributed by atoms with Crippen molar-refractivity contribution in [1.29, 1.82) is 0 Å². The molecule has 1 aromatic carbocycles. The summed E-state index contributed by atoms with van der Waals surface area (Å²) in [5.41, 5.74) is 6.76. The Balaban J connectivity index is 2.70. The molecule has 18 heavy (non-hydrogen) atoms. The summed E-state index contributed by atoms with van der Waals surface area (Å²) in [5, 5.41) is 0. The molecule has 0 saturated heterocycles. The Morgan fingerprint density at radius 3 is 2.50 bits per heavy atom. The summed E-state index contributed by atoms with van der Waals surface area (Å²) in [4.78, 5) is 0. The van der Waals surface area contributed by atoms with Crippen LogP contribution in [0.15, 0.2) is 18.2 Å². The summed E-state index contributed by atoms with van der Waals surface area (Å²) in [6, 6.07) is 5.58. The molecule has 0 aliphatic heterocycles. The molecule has 0 spiro atoms. The molecule has 0 heterocycles. The average molecular weight is 271 g/mol. The van der Waals surface area contributed by atoms with Gasteiger partial charge in [-0.15, -0.1) is 0 Å². The largest absolute Gasteiger partial charge is 0.493 e. The summed E-state index contributed by atoms with van der Waals surface area (Å²) in [6.07, 6.45) is 0.845. The van der Waals surface area contributed by atoms with Crippen LogP contribution in [0.4, 0.5) is 0 Å². The van der Waals surface area contributed by atoms with Gasteiger partial charge in [-0.05, 0) is 24.1 Å². The van der Waals surface area contributed by atoms with Gasteiger partial charge in [-0.2, -0.15) is 0 Å². The number of nitrogens with two attached hydrogens (primary N) is 1. The van der Waals surface area contributed by atoms with E-state index in [0.717, 1.165) is 12.0 Å². The lowest BCUT2D eigenvalue weighted by Gasteiger charge is -2.11. The van der Waals surface area contributed by atoms with E-state index in [4.69, 9.17) is 15.2 Å². The van der Waals surface area contributed by atoms with Gasteiger partial charge in [0.05, 0.1) is 14.2 Å². The molecule has 102 valence electrons. The van der Waals surface area contributed by atoms with E-state index in [1.165, 1.54) is 0 Å². The van der Waals surface area contributed by atoms with E-state index in [2.05, 4.69) is 0 Å². The molecule has 2 unspecified atom stereocenters. The smallest absolute Gasteiger partial charge is 0.161 e. The topological polar surface area (TPSA) is 61.6 Å². The van der Waals surface area contributed by atoms with E-state index in [1.807, 2.05) is 25.1 Å². The minimum Gasteiger partial charge on any atom is -0.493 e. The lowest BCUT2D eigenvalue weighted by molar-refractivity contribution is 0.354. The van der Waals surface area contributed by atoms with Gasteiger partial charge in [0.25, 0.3) is 0 Å². The number of ether oxygens (including phenoxy) is 2. The van der Waals surface area contributed by atoms with Crippen LogP contribution >= 0.6 is 0 Å². The maximum absolute atomic E-state index is 11.9. The first-order chi connectivity index (χ1) is 8.60. The highest BCUT2D eigenvalue weighted by Crippen LogP contribution is 2.27. The summed E-state index contributed by atoms with van der Waals surface area (Å²) in [7, 11) is 2.24. The lowest BCUT2D eigenvalue weighted by atomic mass is 10.2. The molecule has 2 atom stereocenters. The molecule has 0 aliphatic carbocycles. The van der Waals surface area contributed by atoms with E-state index in [0.29, 0.717) is 23.0 Å². The highest BCUT2D eigenvalue weighted by Gasteiger charge is 2.09. The minimum atomic E-state index is -0.941. The van der Waals surface area contributed by atoms with Gasteiger partial charge >= 0.3 is 0 Å². The molecule has 0 saturated carbocycles. The second-order valence-electron chi connectivity index (χ2n) is 4.11. The van der Waals surface area contributed by atoms with E-state index in [1.54, 1.807) is 14.2 Å². The Bertz CT molecular complexity index is 409. The molecule has 5 heteroatoms. The van der Waals surface area contributed by atoms with Crippen LogP contribution in [-0.2, 0) is 16.6 Å². The number of methoxy groups -OCH3 is 2. The molecule has 0 aliphatic rings. The maximum Gasteiger partial charge on any atom is 0.161 e. The Labute approximate surface area is 111 Å². The number of hydrogen-bond donors (Lipinski definition) is 1. The van der Waals surface area contributed by atoms with Gasteiger partial charge < -0.3 is 15.2 Å². The lowest BCUT2D eigenvalue weighted by Crippen LogP contribution is -2.26. The Morgan fingerprint density at radius 1 is 1.28 bits per heavy atom. The Hall–Kier alpha value is -1.07. The van der Waals surface area contributed by atoms with Crippen LogP contribution in [0.2, 0.25) is 0 Å². The zero-order chi connectivity index (χ0) is 13.5. The first-order valence-corrected chi connectivity index (χ1v) is 7.41. The third-order valence-electron chi connectivity index (χ3n) is 2.70. The maximum atomic E-state index is 11.9. The molecule has 4 nitrogen and oxygen atoms in total. The van der Waals surface area contributed by atoms with Gasteiger partial charge in [0, 0.05) is 28.3 Å². The number of hydrogen-bond acceptors (Lipinski definition) is 4. The number of benzene rings is 1. The summed E-state index contributed by atoms with van der Waals surface area (Å²) >= 11 is 0. The van der Waals surface area contributed by atoms with Crippen molar-refractivity contribution in [3.8, 4) is 11.5 Å². The number of rotatable bonds is 7. The predicted molar refractivity (Wildman–Crippen MR) is 74.5 cm³/mol. The molecule has 0 fully saturated rings. The summed E-state index contributed by atoms with van der Waals surface area (Å²) in [6.45, 7) is 2.00. The molecule has 0 bridgehead atoms. The SMILES string of the molecule is CCC(N)CS(=O)Cc1ccc(OC)c(OC)c1. The highest BCUT2D eigenvalue weighted by molar-refractivity contribution is 7.84. The monoisotopic (exact) mass is 271 g/mol. The van der Waals surface area contributed by atoms with E-state index in [9.17, 15) is 4.21 Å². The second-order valence-corrected chi connectivity index (χ2v) is 5.61. The standard InChI is InChI=1S/C13H21NO3S/c1-4-11(14)9-18(15)8-10-5-6-12(16-2)13(7-10)17-3/h5-7,11H,4,8-9,14H2,1-3H3. The molecular weight excluding hydrogens is 250 g/mol. The van der Waals surface area contributed by atoms with Crippen LogP contribution in [0.25, 0.3) is 0 Å². The molecule has 0 aromatic heterocycles. The van der Waals surface area contributed by atoms with E-state index >= 15 is 0 Å². The Morgan fingerprint density at radius 2 is 1.94 bits per heavy atom. The van der Waals surface area contributed by atoms with Crippen molar-refractivity contribution in [2.24, 2.45) is 5.73 Å². The van der Waals surface area contributed by atoms with Crippen LogP contribution in [0.5, 0.6) is 11.5 Å². The zero-order valence-electron chi connectivity index (χ0n) is 11.1. The molecule has 1 rings (SSSR count). The van der Waals surface area contributed by atoms with Crippen LogP contribution < -0.4 is 15.2 Å². The fourth-order valence-electron chi connectivity index (χ4n) is 1.57. The third kappa shape index (κ3) is 4.31. The molecular formula is C13H21NO3S. The highest BCUT2D eigenvalue weighted by atomic mass is 32.2. The minimum absolute atomic E-state index is 0.00553. The van der Waals surface area contributed by atoms with E-state index in [-0.39, 0.29) is 6.04 Å². The van der Waals surface area contributed by atoms with Crippen molar-refractivity contribution in [1.82, 2.24) is 0 Å². The zero-order valence-corrected chi connectivity index (χ0v) is 12.0. The normalized spacial score (nSPS) is 14.0. The summed E-state index contributed by atoms with van der Waals surface area (Å²) < 4.78 is 22.3. The van der Waals surface area contributed by atoms with Gasteiger partial charge in [0.1, 0.15) is 0 Å². The van der Waals surface area contributed by atoms with Crippen LogP contribution in [0, 0.1) is 0 Å². The predicted octanol–water partition coefficient (Wildman–Crippen LogP) is 1.69. The Kier molecular flexibility index (Phi) is 6.15. The van der Waals surface area contributed by atoms with Crippen LogP contribution in [0.1, 0.15) is 18.9 Å². The van der Waals surface area contributed by atoms with Crippen molar-refractivity contribution in [3.05, 3.63) is 23.8 Å². The van der Waals surface area contributed by atoms with Gasteiger partial charge in [-0.25, -0.2) is 0 Å². The first-order valence-electron chi connectivity index (χ1n) is 5.92. The van der Waals surface area contributed by atoms with Crippen molar-refractivity contribution < 1.29 is 13.7 Å². The van der Waals surface area contributed by atoms with Crippen LogP contribution in [-0.4, -0.2) is 30.2 Å². The quantitative estimate of drug-likeness (QED) is 0.820. The fourth-order valence-corrected chi connectivity index (χ4v) is 2.95. The van der Waals surface area contributed by atoms with Gasteiger partial charge in [-0.3, -0.25) is 4.21 Å². The fraction of sp³-hybridized carbons (Fsp3) is 0.538. The van der Waals surface area contributed by atoms with Crippen molar-refractivity contribution in [2.75, 3.05) is 20.0 Å². The molecule has 1 aromatic rings. The van der Waals surface area contributed by atoms with Gasteiger partial charge in [0.15, 0.2) is 11.5 Å². The van der Waals surface area contributed by atoms with Crippen molar-refractivity contribution in [3.63, 3.8) is 0 Å². The van der Waals surface area contributed by atoms with Gasteiger partial charge in [-0.1, -0.05) is 13.0 Å². The average Bonchev–Trinajstić information content (AvgIpc) is 2.38. The first kappa shape index (κ1) is 15.0. The van der Waals surface area contributed by atoms with Gasteiger partial charge in [0.2, 0.25) is 0 Å². The molecule has 0 radical (unpaired) electrons. The van der Waals surface area contributed by atoms with Crippen LogP contribution in [0.3, 0.4) is 0 Å². The molecule has 0 amide bonds. The molecule has 2 N–H and O–H groups in total. The van der Waals surface area contributed by atoms with Crippen molar-refractivity contribution in [2.45, 2.75) is 25.1 Å². The third-order valence-corrected chi connectivity index (χ3v) is 4.16. The van der Waals surface area contributed by atoms with Crippen molar-refractivity contribution >= 4 is 10.8 Å².